The molecule has 0 fully saturated rings. The molecule has 2 aromatic rings. The van der Waals surface area contributed by atoms with Gasteiger partial charge in [0, 0.05) is 0 Å². The average Bonchev–Trinajstić information content (AvgIpc) is 2.49. The van der Waals surface area contributed by atoms with Gasteiger partial charge in [0.2, 0.25) is 6.08 Å². The third kappa shape index (κ3) is 3.82. The van der Waals surface area contributed by atoms with E-state index in [-0.39, 0.29) is 10.8 Å². The van der Waals surface area contributed by atoms with Gasteiger partial charge in [-0.3, -0.25) is 0 Å². The number of isocyanates is 1. The minimum atomic E-state index is -4.57. The number of halogens is 6. The number of ether oxygens (including phenoxy) is 1. The van der Waals surface area contributed by atoms with Gasteiger partial charge in [0.15, 0.2) is 11.6 Å². The summed E-state index contributed by atoms with van der Waals surface area (Å²) in [4.78, 5) is 13.2. The van der Waals surface area contributed by atoms with Crippen molar-refractivity contribution in [1.29, 1.82) is 0 Å². The van der Waals surface area contributed by atoms with Crippen molar-refractivity contribution in [2.45, 2.75) is 6.18 Å². The van der Waals surface area contributed by atoms with Crippen LogP contribution in [0.3, 0.4) is 0 Å². The number of benzene rings is 2. The SMILES string of the molecule is O=C=Nc1cc(Cl)c(Oc2cccc(C(F)(F)F)c2)c(Cl)c1F. The summed E-state index contributed by atoms with van der Waals surface area (Å²) in [6.45, 7) is 0. The lowest BCUT2D eigenvalue weighted by Gasteiger charge is -2.13. The molecule has 9 heteroatoms. The molecule has 0 heterocycles. The highest BCUT2D eigenvalue weighted by Gasteiger charge is 2.30. The highest BCUT2D eigenvalue weighted by Crippen LogP contribution is 2.42. The molecule has 120 valence electrons. The summed E-state index contributed by atoms with van der Waals surface area (Å²) in [7, 11) is 0. The second-order valence-electron chi connectivity index (χ2n) is 4.17. The monoisotopic (exact) mass is 365 g/mol. The molecule has 0 aromatic heterocycles. The Morgan fingerprint density at radius 2 is 1.87 bits per heavy atom. The van der Waals surface area contributed by atoms with E-state index in [2.05, 4.69) is 4.99 Å². The molecule has 0 aliphatic rings. The average molecular weight is 366 g/mol. The summed E-state index contributed by atoms with van der Waals surface area (Å²) in [6.07, 6.45) is -3.44. The van der Waals surface area contributed by atoms with Gasteiger partial charge in [0.25, 0.3) is 0 Å². The summed E-state index contributed by atoms with van der Waals surface area (Å²) < 4.78 is 57.0. The fraction of sp³-hybridized carbons (Fsp3) is 0.0714. The van der Waals surface area contributed by atoms with Crippen LogP contribution in [0.2, 0.25) is 10.0 Å². The van der Waals surface area contributed by atoms with Gasteiger partial charge < -0.3 is 4.74 Å². The van der Waals surface area contributed by atoms with Crippen LogP contribution in [-0.4, -0.2) is 6.08 Å². The summed E-state index contributed by atoms with van der Waals surface area (Å²) in [5.74, 6) is -1.74. The molecule has 2 rings (SSSR count). The van der Waals surface area contributed by atoms with Crippen molar-refractivity contribution in [2.75, 3.05) is 0 Å². The molecule has 0 radical (unpaired) electrons. The van der Waals surface area contributed by atoms with Gasteiger partial charge in [-0.2, -0.15) is 18.2 Å². The number of aliphatic imine (C=N–C) groups is 1. The highest BCUT2D eigenvalue weighted by atomic mass is 35.5. The lowest BCUT2D eigenvalue weighted by molar-refractivity contribution is -0.137. The molecule has 0 unspecified atom stereocenters. The van der Waals surface area contributed by atoms with E-state index in [1.807, 2.05) is 0 Å². The quantitative estimate of drug-likeness (QED) is 0.293. The minimum Gasteiger partial charge on any atom is -0.454 e. The first-order valence-electron chi connectivity index (χ1n) is 5.84. The Hall–Kier alpha value is -2.08. The molecule has 0 saturated heterocycles. The first-order valence-corrected chi connectivity index (χ1v) is 6.60. The predicted octanol–water partition coefficient (Wildman–Crippen LogP) is 5.91. The second kappa shape index (κ2) is 6.58. The van der Waals surface area contributed by atoms with Crippen LogP contribution in [0.25, 0.3) is 0 Å². The maximum absolute atomic E-state index is 13.9. The summed E-state index contributed by atoms with van der Waals surface area (Å²) in [5.41, 5.74) is -1.42. The van der Waals surface area contributed by atoms with Crippen LogP contribution in [0.15, 0.2) is 35.3 Å². The van der Waals surface area contributed by atoms with E-state index in [0.717, 1.165) is 24.3 Å². The van der Waals surface area contributed by atoms with E-state index >= 15 is 0 Å². The Kier molecular flexibility index (Phi) is 4.94. The van der Waals surface area contributed by atoms with Crippen LogP contribution in [0.1, 0.15) is 5.56 Å². The van der Waals surface area contributed by atoms with E-state index in [4.69, 9.17) is 27.9 Å². The van der Waals surface area contributed by atoms with E-state index in [9.17, 15) is 22.4 Å². The molecular formula is C14H5Cl2F4NO2. The Morgan fingerprint density at radius 3 is 2.48 bits per heavy atom. The maximum atomic E-state index is 13.9. The van der Waals surface area contributed by atoms with Crippen LogP contribution >= 0.6 is 23.2 Å². The fourth-order valence-electron chi connectivity index (χ4n) is 1.64. The van der Waals surface area contributed by atoms with Crippen LogP contribution in [0.4, 0.5) is 23.2 Å². The molecule has 0 amide bonds. The van der Waals surface area contributed by atoms with Crippen molar-refractivity contribution in [3.05, 3.63) is 51.8 Å². The molecule has 23 heavy (non-hydrogen) atoms. The van der Waals surface area contributed by atoms with Gasteiger partial charge in [-0.25, -0.2) is 9.18 Å². The van der Waals surface area contributed by atoms with E-state index < -0.39 is 34.0 Å². The standard InChI is InChI=1S/C14H5Cl2F4NO2/c15-9-5-10(21-6-22)12(17)11(16)13(9)23-8-3-1-2-7(4-8)14(18,19)20/h1-5H. The second-order valence-corrected chi connectivity index (χ2v) is 4.95. The molecule has 0 N–H and O–H groups in total. The predicted molar refractivity (Wildman–Crippen MR) is 75.7 cm³/mol. The van der Waals surface area contributed by atoms with Crippen molar-refractivity contribution in [3.8, 4) is 11.5 Å². The van der Waals surface area contributed by atoms with Crippen LogP contribution in [-0.2, 0) is 11.0 Å². The summed E-state index contributed by atoms with van der Waals surface area (Å²) in [6, 6.07) is 4.83. The summed E-state index contributed by atoms with van der Waals surface area (Å²) >= 11 is 11.6. The number of nitrogens with zero attached hydrogens (tertiary/aromatic N) is 1. The van der Waals surface area contributed by atoms with E-state index in [1.165, 1.54) is 6.07 Å². The molecule has 0 bridgehead atoms. The van der Waals surface area contributed by atoms with Crippen molar-refractivity contribution in [3.63, 3.8) is 0 Å². The van der Waals surface area contributed by atoms with Gasteiger partial charge >= 0.3 is 6.18 Å². The Balaban J connectivity index is 2.45. The lowest BCUT2D eigenvalue weighted by atomic mass is 10.2. The number of alkyl halides is 3. The third-order valence-corrected chi connectivity index (χ3v) is 3.26. The van der Waals surface area contributed by atoms with Crippen molar-refractivity contribution < 1.29 is 27.1 Å². The van der Waals surface area contributed by atoms with Crippen molar-refractivity contribution in [2.24, 2.45) is 4.99 Å². The summed E-state index contributed by atoms with van der Waals surface area (Å²) in [5, 5.41) is -0.855. The number of hydrogen-bond donors (Lipinski definition) is 0. The molecule has 0 spiro atoms. The lowest BCUT2D eigenvalue weighted by Crippen LogP contribution is -2.04. The van der Waals surface area contributed by atoms with Gasteiger partial charge in [-0.05, 0) is 24.3 Å². The topological polar surface area (TPSA) is 38.7 Å². The zero-order valence-corrected chi connectivity index (χ0v) is 12.4. The van der Waals surface area contributed by atoms with Gasteiger partial charge in [0.05, 0.1) is 10.6 Å². The van der Waals surface area contributed by atoms with Crippen molar-refractivity contribution in [1.82, 2.24) is 0 Å². The smallest absolute Gasteiger partial charge is 0.416 e. The Morgan fingerprint density at radius 1 is 1.17 bits per heavy atom. The number of rotatable bonds is 3. The zero-order chi connectivity index (χ0) is 17.2. The molecular weight excluding hydrogens is 361 g/mol. The normalized spacial score (nSPS) is 11.0. The highest BCUT2D eigenvalue weighted by molar-refractivity contribution is 6.37. The van der Waals surface area contributed by atoms with Gasteiger partial charge in [-0.1, -0.05) is 29.3 Å². The Bertz CT molecular complexity index is 802. The molecule has 0 atom stereocenters. The molecule has 0 saturated carbocycles. The largest absolute Gasteiger partial charge is 0.454 e. The number of carbonyl (C=O) groups excluding carboxylic acids is 1. The molecule has 2 aromatic carbocycles. The van der Waals surface area contributed by atoms with Crippen LogP contribution in [0, 0.1) is 5.82 Å². The van der Waals surface area contributed by atoms with E-state index in [1.54, 1.807) is 0 Å². The minimum absolute atomic E-state index is 0.234. The maximum Gasteiger partial charge on any atom is 0.416 e. The Labute approximate surface area is 137 Å². The first kappa shape index (κ1) is 17.3. The third-order valence-electron chi connectivity index (χ3n) is 2.64. The van der Waals surface area contributed by atoms with Crippen LogP contribution < -0.4 is 4.74 Å². The zero-order valence-electron chi connectivity index (χ0n) is 10.9. The first-order chi connectivity index (χ1) is 10.7. The van der Waals surface area contributed by atoms with Gasteiger partial charge in [0.1, 0.15) is 16.5 Å². The molecule has 0 aliphatic carbocycles. The van der Waals surface area contributed by atoms with E-state index in [0.29, 0.717) is 6.07 Å². The van der Waals surface area contributed by atoms with Crippen LogP contribution in [0.5, 0.6) is 11.5 Å². The number of hydrogen-bond acceptors (Lipinski definition) is 3. The van der Waals surface area contributed by atoms with Gasteiger partial charge in [-0.15, -0.1) is 0 Å². The fourth-order valence-corrected chi connectivity index (χ4v) is 2.17. The van der Waals surface area contributed by atoms with Crippen molar-refractivity contribution >= 4 is 35.0 Å². The molecule has 3 nitrogen and oxygen atoms in total. The molecule has 0 aliphatic heterocycles.